The molecule has 1 unspecified atom stereocenters. The van der Waals surface area contributed by atoms with Crippen LogP contribution in [0.4, 0.5) is 4.79 Å². The lowest BCUT2D eigenvalue weighted by Gasteiger charge is -2.32. The van der Waals surface area contributed by atoms with Crippen LogP contribution in [0.2, 0.25) is 0 Å². The molecule has 102 valence electrons. The van der Waals surface area contributed by atoms with Crippen molar-refractivity contribution in [2.75, 3.05) is 6.54 Å². The molecule has 1 saturated carbocycles. The van der Waals surface area contributed by atoms with E-state index < -0.39 is 0 Å². The molecule has 1 aliphatic carbocycles. The van der Waals surface area contributed by atoms with Crippen LogP contribution in [-0.2, 0) is 0 Å². The molecule has 0 bridgehead atoms. The van der Waals surface area contributed by atoms with E-state index in [2.05, 4.69) is 10.3 Å². The Kier molecular flexibility index (Phi) is 3.38. The number of carbonyl (C=O) groups excluding carboxylic acids is 1. The molecular weight excluding hydrogens is 240 g/mol. The summed E-state index contributed by atoms with van der Waals surface area (Å²) in [5.74, 6) is 0. The summed E-state index contributed by atoms with van der Waals surface area (Å²) in [7, 11) is 0. The first-order valence-electron chi connectivity index (χ1n) is 6.96. The highest BCUT2D eigenvalue weighted by atomic mass is 16.2. The number of carbonyl (C=O) groups is 1. The fourth-order valence-corrected chi connectivity index (χ4v) is 3.06. The van der Waals surface area contributed by atoms with E-state index >= 15 is 0 Å². The smallest absolute Gasteiger partial charge is 0.318 e. The van der Waals surface area contributed by atoms with Gasteiger partial charge in [0.25, 0.3) is 0 Å². The third kappa shape index (κ3) is 2.56. The molecule has 1 saturated heterocycles. The summed E-state index contributed by atoms with van der Waals surface area (Å²) in [5.41, 5.74) is 7.00. The topological polar surface area (TPSA) is 71.2 Å². The van der Waals surface area contributed by atoms with Gasteiger partial charge in [-0.15, -0.1) is 0 Å². The Morgan fingerprint density at radius 3 is 2.79 bits per heavy atom. The fraction of sp³-hybridized carbons (Fsp3) is 0.571. The molecule has 19 heavy (non-hydrogen) atoms. The van der Waals surface area contributed by atoms with Crippen LogP contribution in [0.15, 0.2) is 24.5 Å². The van der Waals surface area contributed by atoms with Crippen molar-refractivity contribution in [1.29, 1.82) is 0 Å². The highest BCUT2D eigenvalue weighted by molar-refractivity contribution is 5.77. The lowest BCUT2D eigenvalue weighted by Crippen LogP contribution is -2.42. The zero-order valence-electron chi connectivity index (χ0n) is 11.0. The second-order valence-corrected chi connectivity index (χ2v) is 5.51. The van der Waals surface area contributed by atoms with E-state index in [0.29, 0.717) is 12.1 Å². The van der Waals surface area contributed by atoms with Crippen molar-refractivity contribution in [3.8, 4) is 0 Å². The number of rotatable bonds is 2. The molecule has 2 amide bonds. The van der Waals surface area contributed by atoms with E-state index in [4.69, 9.17) is 5.73 Å². The molecular formula is C14H20N4O. The predicted octanol–water partition coefficient (Wildman–Crippen LogP) is 1.42. The first-order valence-corrected chi connectivity index (χ1v) is 6.96. The third-order valence-electron chi connectivity index (χ3n) is 4.21. The first kappa shape index (κ1) is 12.4. The minimum atomic E-state index is 0.0503. The van der Waals surface area contributed by atoms with Crippen LogP contribution in [-0.4, -0.2) is 34.5 Å². The van der Waals surface area contributed by atoms with Crippen LogP contribution in [0.1, 0.15) is 37.3 Å². The van der Waals surface area contributed by atoms with Gasteiger partial charge in [0, 0.05) is 31.0 Å². The second-order valence-electron chi connectivity index (χ2n) is 5.51. The summed E-state index contributed by atoms with van der Waals surface area (Å²) < 4.78 is 0. The summed E-state index contributed by atoms with van der Waals surface area (Å²) >= 11 is 0. The lowest BCUT2D eigenvalue weighted by molar-refractivity contribution is 0.174. The van der Waals surface area contributed by atoms with Gasteiger partial charge in [-0.25, -0.2) is 4.79 Å². The van der Waals surface area contributed by atoms with Gasteiger partial charge in [-0.2, -0.15) is 0 Å². The molecule has 2 heterocycles. The van der Waals surface area contributed by atoms with Crippen LogP contribution in [0, 0.1) is 0 Å². The molecule has 2 fully saturated rings. The highest BCUT2D eigenvalue weighted by Crippen LogP contribution is 2.28. The predicted molar refractivity (Wildman–Crippen MR) is 72.4 cm³/mol. The molecule has 0 spiro atoms. The van der Waals surface area contributed by atoms with Gasteiger partial charge in [-0.1, -0.05) is 6.07 Å². The Morgan fingerprint density at radius 1 is 1.32 bits per heavy atom. The van der Waals surface area contributed by atoms with Crippen LogP contribution in [0.3, 0.4) is 0 Å². The number of nitrogens with zero attached hydrogens (tertiary/aromatic N) is 2. The quantitative estimate of drug-likeness (QED) is 0.844. The van der Waals surface area contributed by atoms with Gasteiger partial charge in [-0.3, -0.25) is 4.98 Å². The maximum atomic E-state index is 12.1. The normalized spacial score (nSPS) is 31.3. The van der Waals surface area contributed by atoms with E-state index in [1.54, 1.807) is 6.20 Å². The number of nitrogens with two attached hydrogens (primary N) is 1. The fourth-order valence-electron chi connectivity index (χ4n) is 3.06. The van der Waals surface area contributed by atoms with Gasteiger partial charge >= 0.3 is 6.03 Å². The maximum Gasteiger partial charge on any atom is 0.318 e. The SMILES string of the molecule is NC1CCC(N2CC(c3cccnc3)NC2=O)CC1. The van der Waals surface area contributed by atoms with Gasteiger partial charge < -0.3 is 16.0 Å². The average molecular weight is 260 g/mol. The van der Waals surface area contributed by atoms with Crippen molar-refractivity contribution in [2.45, 2.75) is 43.8 Å². The first-order chi connectivity index (χ1) is 9.24. The minimum absolute atomic E-state index is 0.0503. The molecule has 1 aromatic rings. The highest BCUT2D eigenvalue weighted by Gasteiger charge is 2.35. The van der Waals surface area contributed by atoms with Crippen molar-refractivity contribution >= 4 is 6.03 Å². The Balaban J connectivity index is 1.67. The molecule has 1 aliphatic heterocycles. The van der Waals surface area contributed by atoms with Crippen molar-refractivity contribution in [2.24, 2.45) is 5.73 Å². The van der Waals surface area contributed by atoms with Crippen LogP contribution < -0.4 is 11.1 Å². The van der Waals surface area contributed by atoms with E-state index in [9.17, 15) is 4.79 Å². The second kappa shape index (κ2) is 5.17. The molecule has 5 heteroatoms. The van der Waals surface area contributed by atoms with Gasteiger partial charge in [0.05, 0.1) is 6.04 Å². The molecule has 1 aromatic heterocycles. The van der Waals surface area contributed by atoms with E-state index in [1.165, 1.54) is 0 Å². The lowest BCUT2D eigenvalue weighted by atomic mass is 9.91. The number of nitrogens with one attached hydrogen (secondary N) is 1. The molecule has 1 atom stereocenters. The Hall–Kier alpha value is -1.62. The standard InChI is InChI=1S/C14H20N4O/c15-11-3-5-12(6-4-11)18-9-13(17-14(18)19)10-2-1-7-16-8-10/h1-2,7-8,11-13H,3-6,9,15H2,(H,17,19). The van der Waals surface area contributed by atoms with Crippen LogP contribution >= 0.6 is 0 Å². The average Bonchev–Trinajstić information content (AvgIpc) is 2.83. The third-order valence-corrected chi connectivity index (χ3v) is 4.21. The van der Waals surface area contributed by atoms with Crippen molar-refractivity contribution in [1.82, 2.24) is 15.2 Å². The summed E-state index contributed by atoms with van der Waals surface area (Å²) in [6.07, 6.45) is 7.66. The molecule has 3 rings (SSSR count). The minimum Gasteiger partial charge on any atom is -0.329 e. The van der Waals surface area contributed by atoms with Crippen molar-refractivity contribution < 1.29 is 4.79 Å². The largest absolute Gasteiger partial charge is 0.329 e. The summed E-state index contributed by atoms with van der Waals surface area (Å²) in [5, 5.41) is 3.04. The zero-order valence-corrected chi connectivity index (χ0v) is 11.0. The molecule has 0 radical (unpaired) electrons. The van der Waals surface area contributed by atoms with E-state index in [-0.39, 0.29) is 12.1 Å². The number of hydrogen-bond donors (Lipinski definition) is 2. The van der Waals surface area contributed by atoms with Crippen molar-refractivity contribution in [3.05, 3.63) is 30.1 Å². The summed E-state index contributed by atoms with van der Waals surface area (Å²) in [6.45, 7) is 0.741. The number of urea groups is 1. The Labute approximate surface area is 113 Å². The summed E-state index contributed by atoms with van der Waals surface area (Å²) in [6, 6.07) is 4.70. The van der Waals surface area contributed by atoms with Crippen LogP contribution in [0.5, 0.6) is 0 Å². The van der Waals surface area contributed by atoms with E-state index in [1.807, 2.05) is 23.2 Å². The van der Waals surface area contributed by atoms with Gasteiger partial charge in [0.1, 0.15) is 0 Å². The molecule has 3 N–H and O–H groups in total. The molecule has 5 nitrogen and oxygen atoms in total. The molecule has 2 aliphatic rings. The van der Waals surface area contributed by atoms with Crippen molar-refractivity contribution in [3.63, 3.8) is 0 Å². The van der Waals surface area contributed by atoms with Gasteiger partial charge in [-0.05, 0) is 37.3 Å². The monoisotopic (exact) mass is 260 g/mol. The molecule has 0 aromatic carbocycles. The number of aromatic nitrogens is 1. The Bertz CT molecular complexity index is 442. The summed E-state index contributed by atoms with van der Waals surface area (Å²) in [4.78, 5) is 18.2. The van der Waals surface area contributed by atoms with Gasteiger partial charge in [0.15, 0.2) is 0 Å². The van der Waals surface area contributed by atoms with Crippen LogP contribution in [0.25, 0.3) is 0 Å². The zero-order chi connectivity index (χ0) is 13.2. The van der Waals surface area contributed by atoms with Gasteiger partial charge in [0.2, 0.25) is 0 Å². The number of amides is 2. The number of pyridine rings is 1. The Morgan fingerprint density at radius 2 is 2.11 bits per heavy atom. The maximum absolute atomic E-state index is 12.1. The number of hydrogen-bond acceptors (Lipinski definition) is 3. The van der Waals surface area contributed by atoms with E-state index in [0.717, 1.165) is 37.8 Å².